The lowest BCUT2D eigenvalue weighted by Gasteiger charge is -2.44. The summed E-state index contributed by atoms with van der Waals surface area (Å²) in [7, 11) is 3.35. The van der Waals surface area contributed by atoms with Gasteiger partial charge in [-0.1, -0.05) is 55.3 Å². The minimum absolute atomic E-state index is 0.110. The standard InChI is InChI=1S/C33H46ClN3O6/c1-18-11-10-12-20(3)33(40)17-26(41-23(6)36-33)21(4)30-32(7,43-30)27(42-31(39)22(5)35-8)16-28(38)37(9)25-15-24(13-18)14-19(2)29(25)34/h10-12,14-15,20-22,26-27,30,35-36,40H,6,13,16-17H2,1-5,7-9H3/b12-10+,18-11+/t20?,21?,22-,26?,27?,30?,32?,33?/m0/s1. The van der Waals surface area contributed by atoms with Gasteiger partial charge in [-0.25, -0.2) is 0 Å². The van der Waals surface area contributed by atoms with Gasteiger partial charge in [0, 0.05) is 25.3 Å². The molecule has 0 spiro atoms. The Balaban J connectivity index is 1.76. The number of benzene rings is 1. The Kier molecular flexibility index (Phi) is 9.71. The predicted molar refractivity (Wildman–Crippen MR) is 168 cm³/mol. The third-order valence-electron chi connectivity index (χ3n) is 9.21. The smallest absolute Gasteiger partial charge is 0.323 e. The van der Waals surface area contributed by atoms with Crippen LogP contribution in [0.1, 0.15) is 58.6 Å². The molecule has 3 N–H and O–H groups in total. The SMILES string of the molecule is C=C1NC2(O)CC(O1)C(C)C1OC1(C)C(OC(=O)[C@H](C)NC)CC(=O)N(C)c1cc(cc(C)c1Cl)C/C(C)=C/C=C/C2C. The summed E-state index contributed by atoms with van der Waals surface area (Å²) >= 11 is 6.72. The molecule has 2 saturated heterocycles. The molecular formula is C33H46ClN3O6. The van der Waals surface area contributed by atoms with Crippen molar-refractivity contribution in [3.05, 3.63) is 64.5 Å². The lowest BCUT2D eigenvalue weighted by atomic mass is 9.82. The van der Waals surface area contributed by atoms with E-state index >= 15 is 0 Å². The highest BCUT2D eigenvalue weighted by Crippen LogP contribution is 2.49. The highest BCUT2D eigenvalue weighted by Gasteiger charge is 2.64. The topological polar surface area (TPSA) is 113 Å². The largest absolute Gasteiger partial charge is 0.476 e. The third kappa shape index (κ3) is 6.95. The summed E-state index contributed by atoms with van der Waals surface area (Å²) in [5.74, 6) is -0.962. The molecule has 0 aliphatic carbocycles. The van der Waals surface area contributed by atoms with E-state index in [1.54, 1.807) is 21.0 Å². The molecule has 0 aromatic heterocycles. The average molecular weight is 616 g/mol. The van der Waals surface area contributed by atoms with Crippen molar-refractivity contribution in [1.29, 1.82) is 0 Å². The molecule has 0 saturated carbocycles. The van der Waals surface area contributed by atoms with E-state index in [2.05, 4.69) is 17.2 Å². The molecule has 4 rings (SSSR count). The Morgan fingerprint density at radius 2 is 2.02 bits per heavy atom. The van der Waals surface area contributed by atoms with Crippen LogP contribution in [0.15, 0.2) is 48.4 Å². The van der Waals surface area contributed by atoms with Gasteiger partial charge in [0.05, 0.1) is 23.2 Å². The number of anilines is 1. The Hall–Kier alpha value is -2.85. The first-order valence-corrected chi connectivity index (χ1v) is 15.3. The number of esters is 1. The van der Waals surface area contributed by atoms with Crippen molar-refractivity contribution in [2.45, 2.75) is 96.5 Å². The molecule has 9 nitrogen and oxygen atoms in total. The van der Waals surface area contributed by atoms with Gasteiger partial charge in [-0.2, -0.15) is 0 Å². The first kappa shape index (κ1) is 33.1. The van der Waals surface area contributed by atoms with Crippen molar-refractivity contribution >= 4 is 29.2 Å². The van der Waals surface area contributed by atoms with Gasteiger partial charge >= 0.3 is 5.97 Å². The van der Waals surface area contributed by atoms with E-state index in [0.29, 0.717) is 17.1 Å². The number of nitrogens with one attached hydrogen (secondary N) is 2. The van der Waals surface area contributed by atoms with Crippen LogP contribution in [0.4, 0.5) is 5.69 Å². The molecule has 236 valence electrons. The maximum absolute atomic E-state index is 13.8. The van der Waals surface area contributed by atoms with E-state index in [4.69, 9.17) is 25.8 Å². The molecule has 3 aliphatic rings. The number of likely N-dealkylation sites (N-methyl/N-ethyl adjacent to an activating group) is 1. The van der Waals surface area contributed by atoms with Gasteiger partial charge in [0.2, 0.25) is 5.91 Å². The van der Waals surface area contributed by atoms with E-state index in [1.165, 1.54) is 4.90 Å². The van der Waals surface area contributed by atoms with Gasteiger partial charge in [0.15, 0.2) is 5.88 Å². The fraction of sp³-hybridized carbons (Fsp3) is 0.576. The Labute approximate surface area is 260 Å². The quantitative estimate of drug-likeness (QED) is 0.335. The Morgan fingerprint density at radius 1 is 1.33 bits per heavy atom. The van der Waals surface area contributed by atoms with Gasteiger partial charge in [-0.15, -0.1) is 0 Å². The molecule has 4 bridgehead atoms. The normalized spacial score (nSPS) is 35.9. The summed E-state index contributed by atoms with van der Waals surface area (Å²) in [6.45, 7) is 15.4. The van der Waals surface area contributed by atoms with E-state index in [9.17, 15) is 14.7 Å². The van der Waals surface area contributed by atoms with E-state index in [-0.39, 0.29) is 36.5 Å². The van der Waals surface area contributed by atoms with Gasteiger partial charge < -0.3 is 34.9 Å². The Bertz CT molecular complexity index is 1330. The van der Waals surface area contributed by atoms with Crippen molar-refractivity contribution in [2.75, 3.05) is 19.0 Å². The van der Waals surface area contributed by atoms with Crippen LogP contribution in [0.3, 0.4) is 0 Å². The molecule has 8 atom stereocenters. The van der Waals surface area contributed by atoms with Crippen LogP contribution in [-0.2, 0) is 30.2 Å². The predicted octanol–water partition coefficient (Wildman–Crippen LogP) is 4.55. The van der Waals surface area contributed by atoms with Gasteiger partial charge in [-0.05, 0) is 64.9 Å². The molecule has 1 aromatic rings. The zero-order valence-electron chi connectivity index (χ0n) is 26.5. The van der Waals surface area contributed by atoms with Crippen LogP contribution in [0.2, 0.25) is 5.02 Å². The lowest BCUT2D eigenvalue weighted by molar-refractivity contribution is -0.155. The molecule has 2 fully saturated rings. The first-order valence-electron chi connectivity index (χ1n) is 14.9. The number of fused-ring (bicyclic) bond motifs is 5. The zero-order chi connectivity index (χ0) is 31.9. The zero-order valence-corrected chi connectivity index (χ0v) is 27.2. The molecule has 0 radical (unpaired) electrons. The first-order chi connectivity index (χ1) is 20.1. The monoisotopic (exact) mass is 615 g/mol. The number of carbonyl (C=O) groups excluding carboxylic acids is 2. The number of allylic oxidation sites excluding steroid dienone is 3. The maximum Gasteiger partial charge on any atom is 0.323 e. The van der Waals surface area contributed by atoms with Crippen LogP contribution >= 0.6 is 11.6 Å². The molecular weight excluding hydrogens is 570 g/mol. The highest BCUT2D eigenvalue weighted by atomic mass is 35.5. The number of amides is 1. The molecule has 7 unspecified atom stereocenters. The molecule has 10 heteroatoms. The molecule has 3 aliphatic heterocycles. The van der Waals surface area contributed by atoms with Crippen LogP contribution in [-0.4, -0.2) is 66.8 Å². The number of ether oxygens (including phenoxy) is 3. The van der Waals surface area contributed by atoms with Crippen LogP contribution in [0, 0.1) is 18.8 Å². The highest BCUT2D eigenvalue weighted by molar-refractivity contribution is 6.34. The van der Waals surface area contributed by atoms with Crippen LogP contribution < -0.4 is 15.5 Å². The lowest BCUT2D eigenvalue weighted by Crippen LogP contribution is -2.57. The number of aliphatic hydroxyl groups is 1. The fourth-order valence-corrected chi connectivity index (χ4v) is 6.25. The van der Waals surface area contributed by atoms with E-state index in [0.717, 1.165) is 16.7 Å². The number of nitrogens with zero attached hydrogens (tertiary/aromatic N) is 1. The second-order valence-electron chi connectivity index (χ2n) is 12.6. The Morgan fingerprint density at radius 3 is 2.70 bits per heavy atom. The maximum atomic E-state index is 13.8. The number of rotatable bonds is 3. The van der Waals surface area contributed by atoms with Gasteiger partial charge in [0.25, 0.3) is 0 Å². The number of epoxide rings is 1. The summed E-state index contributed by atoms with van der Waals surface area (Å²) in [6, 6.07) is 3.37. The summed E-state index contributed by atoms with van der Waals surface area (Å²) in [6.07, 6.45) is 5.05. The summed E-state index contributed by atoms with van der Waals surface area (Å²) < 4.78 is 18.3. The number of hydrogen-bond acceptors (Lipinski definition) is 8. The van der Waals surface area contributed by atoms with Crippen LogP contribution in [0.5, 0.6) is 0 Å². The fourth-order valence-electron chi connectivity index (χ4n) is 6.02. The van der Waals surface area contributed by atoms with E-state index in [1.807, 2.05) is 65.0 Å². The number of aryl methyl sites for hydroxylation is 1. The molecule has 1 aromatic carbocycles. The minimum Gasteiger partial charge on any atom is -0.476 e. The van der Waals surface area contributed by atoms with Gasteiger partial charge in [-0.3, -0.25) is 9.59 Å². The summed E-state index contributed by atoms with van der Waals surface area (Å²) in [5, 5.41) is 18.1. The summed E-state index contributed by atoms with van der Waals surface area (Å²) in [5.41, 5.74) is 1.30. The van der Waals surface area contributed by atoms with Crippen molar-refractivity contribution < 1.29 is 28.9 Å². The van der Waals surface area contributed by atoms with Crippen molar-refractivity contribution in [2.24, 2.45) is 11.8 Å². The average Bonchev–Trinajstić information content (AvgIpc) is 3.64. The second kappa shape index (κ2) is 12.6. The second-order valence-corrected chi connectivity index (χ2v) is 13.0. The molecule has 43 heavy (non-hydrogen) atoms. The number of hydrogen-bond donors (Lipinski definition) is 3. The number of carbonyl (C=O) groups is 2. The summed E-state index contributed by atoms with van der Waals surface area (Å²) in [4.78, 5) is 28.3. The van der Waals surface area contributed by atoms with Crippen molar-refractivity contribution in [1.82, 2.24) is 10.6 Å². The molecule has 1 amide bonds. The third-order valence-corrected chi connectivity index (χ3v) is 9.70. The molecule has 3 heterocycles. The van der Waals surface area contributed by atoms with Gasteiger partial charge in [0.1, 0.15) is 29.6 Å². The number of halogens is 1. The van der Waals surface area contributed by atoms with Crippen LogP contribution in [0.25, 0.3) is 0 Å². The van der Waals surface area contributed by atoms with Crippen molar-refractivity contribution in [3.8, 4) is 0 Å². The minimum atomic E-state index is -1.30. The van der Waals surface area contributed by atoms with Crippen molar-refractivity contribution in [3.63, 3.8) is 0 Å². The van der Waals surface area contributed by atoms with E-state index < -0.39 is 41.6 Å².